The van der Waals surface area contributed by atoms with Gasteiger partial charge in [0.15, 0.2) is 0 Å². The lowest BCUT2D eigenvalue weighted by Crippen LogP contribution is -2.24. The number of nitrogens with zero attached hydrogens (tertiary/aromatic N) is 1. The number of hydrogen-bond donors (Lipinski definition) is 1. The second kappa shape index (κ2) is 6.02. The second-order valence-corrected chi connectivity index (χ2v) is 8.09. The summed E-state index contributed by atoms with van der Waals surface area (Å²) in [6, 6.07) is 22.8. The van der Waals surface area contributed by atoms with Crippen LogP contribution in [0.25, 0.3) is 0 Å². The van der Waals surface area contributed by atoms with Crippen LogP contribution in [0.2, 0.25) is 5.02 Å². The number of carbonyl (C=O) groups excluding carboxylic acids is 1. The van der Waals surface area contributed by atoms with Crippen molar-refractivity contribution >= 4 is 38.8 Å². The van der Waals surface area contributed by atoms with E-state index in [1.807, 2.05) is 24.3 Å². The van der Waals surface area contributed by atoms with E-state index in [1.165, 1.54) is 3.95 Å². The fourth-order valence-electron chi connectivity index (χ4n) is 2.78. The van der Waals surface area contributed by atoms with E-state index in [-0.39, 0.29) is 5.91 Å². The van der Waals surface area contributed by atoms with E-state index in [0.717, 1.165) is 0 Å². The average molecular weight is 370 g/mol. The lowest BCUT2D eigenvalue weighted by molar-refractivity contribution is -0.307. The van der Waals surface area contributed by atoms with Crippen molar-refractivity contribution in [3.8, 4) is 0 Å². The zero-order valence-corrected chi connectivity index (χ0v) is 14.6. The fraction of sp³-hybridized carbons (Fsp3) is 0. The highest BCUT2D eigenvalue weighted by Crippen LogP contribution is 2.36. The van der Waals surface area contributed by atoms with Gasteiger partial charge < -0.3 is 0 Å². The molecular weight excluding hydrogens is 356 g/mol. The number of benzene rings is 3. The molecule has 1 atom stereocenters. The SMILES string of the molecule is O=C(c1ccc(Cl)cc1)[N+]1=S(=O)(c2ccccc2)Nc2ccccc21. The fourth-order valence-corrected chi connectivity index (χ4v) is 5.09. The van der Waals surface area contributed by atoms with Crippen molar-refractivity contribution in [2.24, 2.45) is 0 Å². The molecule has 1 aliphatic rings. The molecule has 1 unspecified atom stereocenters. The van der Waals surface area contributed by atoms with E-state index >= 15 is 0 Å². The van der Waals surface area contributed by atoms with Crippen molar-refractivity contribution in [2.75, 3.05) is 4.72 Å². The van der Waals surface area contributed by atoms with Gasteiger partial charge >= 0.3 is 5.91 Å². The van der Waals surface area contributed by atoms with Crippen LogP contribution in [0.5, 0.6) is 0 Å². The maximum absolute atomic E-state index is 13.8. The molecule has 0 radical (unpaired) electrons. The molecule has 124 valence electrons. The van der Waals surface area contributed by atoms with Gasteiger partial charge in [0.05, 0.1) is 5.56 Å². The highest BCUT2D eigenvalue weighted by molar-refractivity contribution is 7.93. The minimum Gasteiger partial charge on any atom is -0.255 e. The average Bonchev–Trinajstić information content (AvgIpc) is 2.95. The van der Waals surface area contributed by atoms with E-state index in [4.69, 9.17) is 11.6 Å². The van der Waals surface area contributed by atoms with Crippen LogP contribution < -0.4 is 4.72 Å². The number of amides is 1. The van der Waals surface area contributed by atoms with Gasteiger partial charge in [0.25, 0.3) is 15.6 Å². The minimum absolute atomic E-state index is 0.344. The molecule has 0 saturated carbocycles. The summed E-state index contributed by atoms with van der Waals surface area (Å²) in [6.07, 6.45) is 0. The predicted molar refractivity (Wildman–Crippen MR) is 98.6 cm³/mol. The summed E-state index contributed by atoms with van der Waals surface area (Å²) < 4.78 is 18.2. The molecular formula is C19H14ClN2O2S+. The third-order valence-corrected chi connectivity index (χ3v) is 6.50. The summed E-state index contributed by atoms with van der Waals surface area (Å²) >= 11 is 5.92. The van der Waals surface area contributed by atoms with Gasteiger partial charge in [-0.25, -0.2) is 4.79 Å². The Balaban J connectivity index is 1.98. The first-order chi connectivity index (χ1) is 12.1. The molecule has 3 aromatic carbocycles. The van der Waals surface area contributed by atoms with Gasteiger partial charge in [-0.1, -0.05) is 45.9 Å². The zero-order valence-electron chi connectivity index (χ0n) is 13.1. The molecule has 3 aromatic rings. The lowest BCUT2D eigenvalue weighted by Gasteiger charge is -2.04. The molecule has 0 spiro atoms. The van der Waals surface area contributed by atoms with Gasteiger partial charge in [0.1, 0.15) is 10.6 Å². The number of para-hydroxylation sites is 2. The van der Waals surface area contributed by atoms with Crippen LogP contribution in [0.1, 0.15) is 10.4 Å². The maximum atomic E-state index is 13.8. The molecule has 25 heavy (non-hydrogen) atoms. The summed E-state index contributed by atoms with van der Waals surface area (Å²) in [5, 5.41) is 0.542. The Morgan fingerprint density at radius 3 is 2.24 bits per heavy atom. The number of rotatable bonds is 2. The molecule has 1 amide bonds. The Hall–Kier alpha value is -2.63. The standard InChI is InChI=1S/C19H13ClN2O2S/c20-15-12-10-14(11-13-15)19(23)22-18-9-5-4-8-17(18)21-25(22,24)16-6-2-1-3-7-16/h1-13H/p+1. The summed E-state index contributed by atoms with van der Waals surface area (Å²) in [5.74, 6) is -0.344. The van der Waals surface area contributed by atoms with Gasteiger partial charge in [-0.05, 0) is 42.5 Å². The summed E-state index contributed by atoms with van der Waals surface area (Å²) in [6.45, 7) is 0. The van der Waals surface area contributed by atoms with Crippen molar-refractivity contribution < 1.29 is 12.9 Å². The third-order valence-electron chi connectivity index (χ3n) is 3.97. The van der Waals surface area contributed by atoms with Crippen LogP contribution in [0.3, 0.4) is 0 Å². The highest BCUT2D eigenvalue weighted by atomic mass is 35.5. The number of hydrogen-bond acceptors (Lipinski definition) is 2. The maximum Gasteiger partial charge on any atom is 0.435 e. The largest absolute Gasteiger partial charge is 0.435 e. The van der Waals surface area contributed by atoms with Gasteiger partial charge in [0, 0.05) is 11.1 Å². The Kier molecular flexibility index (Phi) is 3.82. The van der Waals surface area contributed by atoms with Crippen LogP contribution in [0, 0.1) is 0 Å². The molecule has 1 heterocycles. The van der Waals surface area contributed by atoms with E-state index < -0.39 is 9.92 Å². The molecule has 6 heteroatoms. The second-order valence-electron chi connectivity index (χ2n) is 5.56. The first kappa shape index (κ1) is 15.9. The molecule has 0 bridgehead atoms. The van der Waals surface area contributed by atoms with Crippen LogP contribution in [-0.4, -0.2) is 14.1 Å². The van der Waals surface area contributed by atoms with Crippen molar-refractivity contribution in [1.82, 2.24) is 0 Å². The molecule has 4 rings (SSSR count). The Morgan fingerprint density at radius 2 is 1.52 bits per heavy atom. The quantitative estimate of drug-likeness (QED) is 0.666. The number of nitrogens with one attached hydrogen (secondary N) is 1. The molecule has 4 nitrogen and oxygen atoms in total. The highest BCUT2D eigenvalue weighted by Gasteiger charge is 2.41. The molecule has 0 aliphatic carbocycles. The number of halogens is 1. The summed E-state index contributed by atoms with van der Waals surface area (Å²) in [4.78, 5) is 13.7. The molecule has 1 aliphatic heterocycles. The topological polar surface area (TPSA) is 49.2 Å². The van der Waals surface area contributed by atoms with Crippen molar-refractivity contribution in [3.63, 3.8) is 0 Å². The van der Waals surface area contributed by atoms with Crippen LogP contribution in [0.4, 0.5) is 11.4 Å². The number of carbonyl (C=O) groups is 1. The van der Waals surface area contributed by atoms with Crippen molar-refractivity contribution in [2.45, 2.75) is 4.90 Å². The Bertz CT molecular complexity index is 1090. The van der Waals surface area contributed by atoms with Crippen molar-refractivity contribution in [1.29, 1.82) is 0 Å². The lowest BCUT2D eigenvalue weighted by atomic mass is 10.2. The normalized spacial score (nSPS) is 18.5. The molecule has 0 saturated heterocycles. The summed E-state index contributed by atoms with van der Waals surface area (Å²) in [5.41, 5.74) is 1.68. The van der Waals surface area contributed by atoms with Crippen LogP contribution >= 0.6 is 11.6 Å². The summed E-state index contributed by atoms with van der Waals surface area (Å²) in [7, 11) is -2.99. The molecule has 0 aromatic heterocycles. The monoisotopic (exact) mass is 369 g/mol. The number of fused-ring (bicyclic) bond motifs is 1. The molecule has 0 fully saturated rings. The van der Waals surface area contributed by atoms with Crippen LogP contribution in [0.15, 0.2) is 83.8 Å². The smallest absolute Gasteiger partial charge is 0.255 e. The first-order valence-electron chi connectivity index (χ1n) is 7.66. The predicted octanol–water partition coefficient (Wildman–Crippen LogP) is 4.69. The van der Waals surface area contributed by atoms with E-state index in [2.05, 4.69) is 4.72 Å². The third kappa shape index (κ3) is 2.62. The molecule has 1 N–H and O–H groups in total. The van der Waals surface area contributed by atoms with E-state index in [9.17, 15) is 9.00 Å². The van der Waals surface area contributed by atoms with E-state index in [0.29, 0.717) is 26.9 Å². The zero-order chi connectivity index (χ0) is 17.4. The van der Waals surface area contributed by atoms with Gasteiger partial charge in [0.2, 0.25) is 0 Å². The Labute approximate surface area is 151 Å². The van der Waals surface area contributed by atoms with Gasteiger partial charge in [-0.3, -0.25) is 4.72 Å². The van der Waals surface area contributed by atoms with Crippen LogP contribution in [-0.2, 0) is 9.92 Å². The Morgan fingerprint density at radius 1 is 0.880 bits per heavy atom. The van der Waals surface area contributed by atoms with Gasteiger partial charge in [-0.2, -0.15) is 4.21 Å². The van der Waals surface area contributed by atoms with Crippen molar-refractivity contribution in [3.05, 3.63) is 89.4 Å². The van der Waals surface area contributed by atoms with Gasteiger partial charge in [-0.15, -0.1) is 0 Å². The van der Waals surface area contributed by atoms with E-state index in [1.54, 1.807) is 54.6 Å². The first-order valence-corrected chi connectivity index (χ1v) is 9.55. The number of anilines is 1. The minimum atomic E-state index is -2.99.